The molecule has 0 fully saturated rings. The molecule has 100 valence electrons. The lowest BCUT2D eigenvalue weighted by atomic mass is 9.94. The third-order valence-electron chi connectivity index (χ3n) is 2.99. The van der Waals surface area contributed by atoms with Gasteiger partial charge in [-0.1, -0.05) is 32.0 Å². The van der Waals surface area contributed by atoms with Crippen LogP contribution in [0.3, 0.4) is 0 Å². The zero-order chi connectivity index (χ0) is 13.8. The van der Waals surface area contributed by atoms with Crippen LogP contribution >= 0.6 is 0 Å². The number of hydrogen-bond acceptors (Lipinski definition) is 4. The molecule has 1 rings (SSSR count). The standard InChI is InChI=1S/C12H18N2O3S/c1-3-12(13,4-2)11(15)14-18(16,17)10-8-6-5-7-9-10/h5-9H,3-4,13H2,1-2H3,(H,14,15). The Hall–Kier alpha value is -1.40. The fraction of sp³-hybridized carbons (Fsp3) is 0.417. The topological polar surface area (TPSA) is 89.3 Å². The summed E-state index contributed by atoms with van der Waals surface area (Å²) in [6.07, 6.45) is 0.749. The molecular weight excluding hydrogens is 252 g/mol. The van der Waals surface area contributed by atoms with Crippen LogP contribution in [0, 0.1) is 0 Å². The SMILES string of the molecule is CCC(N)(CC)C(=O)NS(=O)(=O)c1ccccc1. The van der Waals surface area contributed by atoms with Crippen LogP contribution in [0.15, 0.2) is 35.2 Å². The molecule has 0 bridgehead atoms. The highest BCUT2D eigenvalue weighted by atomic mass is 32.2. The maximum Gasteiger partial charge on any atom is 0.264 e. The van der Waals surface area contributed by atoms with E-state index >= 15 is 0 Å². The van der Waals surface area contributed by atoms with E-state index in [-0.39, 0.29) is 4.90 Å². The molecule has 1 amide bonds. The zero-order valence-electron chi connectivity index (χ0n) is 10.5. The van der Waals surface area contributed by atoms with Crippen molar-refractivity contribution in [1.82, 2.24) is 4.72 Å². The molecule has 5 nitrogen and oxygen atoms in total. The molecule has 0 atom stereocenters. The van der Waals surface area contributed by atoms with Gasteiger partial charge < -0.3 is 5.73 Å². The minimum atomic E-state index is -3.84. The maximum atomic E-state index is 11.9. The highest BCUT2D eigenvalue weighted by molar-refractivity contribution is 7.90. The Balaban J connectivity index is 2.95. The van der Waals surface area contributed by atoms with Crippen LogP contribution in [0.1, 0.15) is 26.7 Å². The number of amides is 1. The van der Waals surface area contributed by atoms with E-state index in [0.29, 0.717) is 12.8 Å². The van der Waals surface area contributed by atoms with Crippen molar-refractivity contribution in [3.05, 3.63) is 30.3 Å². The van der Waals surface area contributed by atoms with Gasteiger partial charge >= 0.3 is 0 Å². The van der Waals surface area contributed by atoms with E-state index in [0.717, 1.165) is 0 Å². The van der Waals surface area contributed by atoms with Crippen molar-refractivity contribution >= 4 is 15.9 Å². The average Bonchev–Trinajstić information content (AvgIpc) is 2.38. The largest absolute Gasteiger partial charge is 0.317 e. The lowest BCUT2D eigenvalue weighted by Crippen LogP contribution is -2.54. The van der Waals surface area contributed by atoms with Gasteiger partial charge in [-0.3, -0.25) is 4.79 Å². The van der Waals surface area contributed by atoms with Crippen LogP contribution in [0.25, 0.3) is 0 Å². The molecule has 1 aromatic rings. The molecule has 18 heavy (non-hydrogen) atoms. The second kappa shape index (κ2) is 5.49. The third kappa shape index (κ3) is 3.08. The van der Waals surface area contributed by atoms with Gasteiger partial charge in [-0.05, 0) is 25.0 Å². The number of carbonyl (C=O) groups excluding carboxylic acids is 1. The number of benzene rings is 1. The molecule has 0 unspecified atom stereocenters. The molecule has 0 saturated carbocycles. The van der Waals surface area contributed by atoms with Crippen LogP contribution in [0.4, 0.5) is 0 Å². The zero-order valence-corrected chi connectivity index (χ0v) is 11.3. The van der Waals surface area contributed by atoms with Crippen LogP contribution in [-0.4, -0.2) is 19.9 Å². The molecule has 0 aliphatic carbocycles. The Labute approximate surface area is 107 Å². The Morgan fingerprint density at radius 2 is 1.72 bits per heavy atom. The minimum Gasteiger partial charge on any atom is -0.317 e. The first-order valence-electron chi connectivity index (χ1n) is 5.77. The number of carbonyl (C=O) groups is 1. The summed E-state index contributed by atoms with van der Waals surface area (Å²) in [6, 6.07) is 7.73. The van der Waals surface area contributed by atoms with Crippen LogP contribution in [-0.2, 0) is 14.8 Å². The quantitative estimate of drug-likeness (QED) is 0.835. The van der Waals surface area contributed by atoms with Gasteiger partial charge in [-0.25, -0.2) is 13.1 Å². The predicted molar refractivity (Wildman–Crippen MR) is 69.3 cm³/mol. The van der Waals surface area contributed by atoms with Gasteiger partial charge in [-0.15, -0.1) is 0 Å². The highest BCUT2D eigenvalue weighted by Gasteiger charge is 2.33. The van der Waals surface area contributed by atoms with Gasteiger partial charge in [0.2, 0.25) is 0 Å². The summed E-state index contributed by atoms with van der Waals surface area (Å²) in [5.41, 5.74) is 4.70. The summed E-state index contributed by atoms with van der Waals surface area (Å²) in [5, 5.41) is 0. The van der Waals surface area contributed by atoms with Gasteiger partial charge in [0.25, 0.3) is 15.9 Å². The summed E-state index contributed by atoms with van der Waals surface area (Å²) in [6.45, 7) is 3.50. The number of nitrogens with two attached hydrogens (primary N) is 1. The maximum absolute atomic E-state index is 11.9. The Morgan fingerprint density at radius 3 is 2.17 bits per heavy atom. The molecular formula is C12H18N2O3S. The summed E-state index contributed by atoms with van der Waals surface area (Å²) in [4.78, 5) is 11.9. The second-order valence-electron chi connectivity index (χ2n) is 4.11. The van der Waals surface area contributed by atoms with E-state index in [4.69, 9.17) is 5.73 Å². The molecule has 0 radical (unpaired) electrons. The van der Waals surface area contributed by atoms with Crippen molar-refractivity contribution in [1.29, 1.82) is 0 Å². The summed E-state index contributed by atoms with van der Waals surface area (Å²) >= 11 is 0. The summed E-state index contributed by atoms with van der Waals surface area (Å²) < 4.78 is 25.9. The van der Waals surface area contributed by atoms with Gasteiger partial charge in [0.1, 0.15) is 0 Å². The van der Waals surface area contributed by atoms with Gasteiger partial charge in [0, 0.05) is 0 Å². The van der Waals surface area contributed by atoms with Gasteiger partial charge in [-0.2, -0.15) is 0 Å². The molecule has 0 aromatic heterocycles. The molecule has 0 aliphatic rings. The van der Waals surface area contributed by atoms with Crippen molar-refractivity contribution in [3.63, 3.8) is 0 Å². The van der Waals surface area contributed by atoms with E-state index in [1.165, 1.54) is 12.1 Å². The molecule has 0 saturated heterocycles. The van der Waals surface area contributed by atoms with Crippen LogP contribution in [0.2, 0.25) is 0 Å². The first kappa shape index (κ1) is 14.7. The van der Waals surface area contributed by atoms with Crippen molar-refractivity contribution in [2.45, 2.75) is 37.1 Å². The van der Waals surface area contributed by atoms with E-state index in [2.05, 4.69) is 0 Å². The Kier molecular flexibility index (Phi) is 4.48. The number of hydrogen-bond donors (Lipinski definition) is 2. The fourth-order valence-corrected chi connectivity index (χ4v) is 2.53. The van der Waals surface area contributed by atoms with Crippen molar-refractivity contribution in [2.24, 2.45) is 5.73 Å². The van der Waals surface area contributed by atoms with Crippen molar-refractivity contribution < 1.29 is 13.2 Å². The second-order valence-corrected chi connectivity index (χ2v) is 5.79. The minimum absolute atomic E-state index is 0.0490. The van der Waals surface area contributed by atoms with Crippen LogP contribution < -0.4 is 10.5 Å². The molecule has 0 spiro atoms. The lowest BCUT2D eigenvalue weighted by Gasteiger charge is -2.24. The number of sulfonamides is 1. The molecule has 0 heterocycles. The van der Waals surface area contributed by atoms with Crippen molar-refractivity contribution in [2.75, 3.05) is 0 Å². The first-order chi connectivity index (χ1) is 8.35. The van der Waals surface area contributed by atoms with E-state index in [9.17, 15) is 13.2 Å². The molecule has 0 aliphatic heterocycles. The monoisotopic (exact) mass is 270 g/mol. The van der Waals surface area contributed by atoms with E-state index in [1.807, 2.05) is 4.72 Å². The highest BCUT2D eigenvalue weighted by Crippen LogP contribution is 2.14. The lowest BCUT2D eigenvalue weighted by molar-refractivity contribution is -0.124. The van der Waals surface area contributed by atoms with Gasteiger partial charge in [0.05, 0.1) is 10.4 Å². The van der Waals surface area contributed by atoms with Crippen LogP contribution in [0.5, 0.6) is 0 Å². The Morgan fingerprint density at radius 1 is 1.22 bits per heavy atom. The van der Waals surface area contributed by atoms with Gasteiger partial charge in [0.15, 0.2) is 0 Å². The third-order valence-corrected chi connectivity index (χ3v) is 4.34. The molecule has 6 heteroatoms. The Bertz CT molecular complexity index is 507. The first-order valence-corrected chi connectivity index (χ1v) is 7.25. The molecule has 1 aromatic carbocycles. The average molecular weight is 270 g/mol. The van der Waals surface area contributed by atoms with Crippen molar-refractivity contribution in [3.8, 4) is 0 Å². The molecule has 3 N–H and O–H groups in total. The van der Waals surface area contributed by atoms with E-state index < -0.39 is 21.5 Å². The smallest absolute Gasteiger partial charge is 0.264 e. The fourth-order valence-electron chi connectivity index (χ4n) is 1.45. The normalized spacial score (nSPS) is 12.2. The number of rotatable bonds is 5. The predicted octanol–water partition coefficient (Wildman–Crippen LogP) is 1.01. The summed E-state index contributed by atoms with van der Waals surface area (Å²) in [7, 11) is -3.84. The number of nitrogens with one attached hydrogen (secondary N) is 1. The summed E-state index contributed by atoms with van der Waals surface area (Å²) in [5.74, 6) is -0.670. The van der Waals surface area contributed by atoms with E-state index in [1.54, 1.807) is 32.0 Å².